The van der Waals surface area contributed by atoms with Crippen molar-refractivity contribution in [3.63, 3.8) is 0 Å². The smallest absolute Gasteiger partial charge is 0.133 e. The van der Waals surface area contributed by atoms with Crippen LogP contribution in [0, 0.1) is 23.0 Å². The van der Waals surface area contributed by atoms with Crippen LogP contribution in [0.15, 0.2) is 24.3 Å². The number of hydrogen-bond donors (Lipinski definition) is 0. The van der Waals surface area contributed by atoms with Crippen LogP contribution in [0.3, 0.4) is 0 Å². The van der Waals surface area contributed by atoms with Crippen LogP contribution < -0.4 is 0 Å². The average Bonchev–Trinajstić information content (AvgIpc) is 2.04. The lowest BCUT2D eigenvalue weighted by molar-refractivity contribution is 0.581. The van der Waals surface area contributed by atoms with Gasteiger partial charge < -0.3 is 0 Å². The van der Waals surface area contributed by atoms with Gasteiger partial charge in [0.2, 0.25) is 0 Å². The van der Waals surface area contributed by atoms with Crippen LogP contribution in [0.2, 0.25) is 0 Å². The Bertz CT molecular complexity index is 388. The van der Waals surface area contributed by atoms with E-state index in [0.29, 0.717) is 5.57 Å². The summed E-state index contributed by atoms with van der Waals surface area (Å²) in [7, 11) is 0. The number of nitrogens with zero attached hydrogens (tertiary/aromatic N) is 1. The molecule has 0 heterocycles. The molecule has 0 N–H and O–H groups in total. The minimum absolute atomic E-state index is 0.253. The first-order chi connectivity index (χ1) is 6.15. The summed E-state index contributed by atoms with van der Waals surface area (Å²) in [5.74, 6) is -1.27. The molecule has 13 heavy (non-hydrogen) atoms. The fraction of sp³-hybridized carbons (Fsp3) is 0.100. The van der Waals surface area contributed by atoms with Crippen LogP contribution in [-0.4, -0.2) is 0 Å². The molecule has 0 fully saturated rings. The van der Waals surface area contributed by atoms with Crippen LogP contribution in [-0.2, 0) is 0 Å². The summed E-state index contributed by atoms with van der Waals surface area (Å²) in [6.07, 6.45) is 1.22. The van der Waals surface area contributed by atoms with Crippen LogP contribution >= 0.6 is 0 Å². The second-order valence-electron chi connectivity index (χ2n) is 2.58. The number of nitriles is 1. The molecule has 0 aliphatic heterocycles. The summed E-state index contributed by atoms with van der Waals surface area (Å²) in [5.41, 5.74) is 0.739. The molecule has 0 aliphatic rings. The van der Waals surface area contributed by atoms with Gasteiger partial charge in [-0.05, 0) is 24.6 Å². The molecular formula is C10H7F2N. The van der Waals surface area contributed by atoms with E-state index >= 15 is 0 Å². The monoisotopic (exact) mass is 179 g/mol. The van der Waals surface area contributed by atoms with Crippen molar-refractivity contribution in [2.24, 2.45) is 0 Å². The molecule has 1 nitrogen and oxygen atoms in total. The van der Waals surface area contributed by atoms with Gasteiger partial charge in [-0.3, -0.25) is 0 Å². The maximum atomic E-state index is 13.0. The Kier molecular flexibility index (Phi) is 2.76. The molecule has 0 radical (unpaired) electrons. The highest BCUT2D eigenvalue weighted by molar-refractivity contribution is 5.66. The summed E-state index contributed by atoms with van der Waals surface area (Å²) in [5, 5.41) is 8.32. The molecule has 0 saturated carbocycles. The van der Waals surface area contributed by atoms with Gasteiger partial charge in [0, 0.05) is 17.7 Å². The van der Waals surface area contributed by atoms with E-state index < -0.39 is 11.6 Å². The summed E-state index contributed by atoms with van der Waals surface area (Å²) < 4.78 is 25.5. The average molecular weight is 179 g/mol. The number of benzene rings is 1. The zero-order valence-corrected chi connectivity index (χ0v) is 7.01. The topological polar surface area (TPSA) is 23.8 Å². The Balaban J connectivity index is 3.18. The largest absolute Gasteiger partial charge is 0.207 e. The lowest BCUT2D eigenvalue weighted by Crippen LogP contribution is -1.87. The van der Waals surface area contributed by atoms with Crippen molar-refractivity contribution in [3.05, 3.63) is 41.5 Å². The first-order valence-electron chi connectivity index (χ1n) is 3.67. The molecule has 0 saturated heterocycles. The lowest BCUT2D eigenvalue weighted by Gasteiger charge is -2.01. The van der Waals surface area contributed by atoms with Gasteiger partial charge in [-0.1, -0.05) is 0 Å². The van der Waals surface area contributed by atoms with E-state index in [4.69, 9.17) is 5.26 Å². The molecule has 66 valence electrons. The molecule has 1 rings (SSSR count). The van der Waals surface area contributed by atoms with E-state index in [0.717, 1.165) is 12.1 Å². The summed E-state index contributed by atoms with van der Waals surface area (Å²) >= 11 is 0. The Hall–Kier alpha value is -1.69. The SMILES string of the molecule is C/C(=C\C#N)c1ccc(F)cc1F. The van der Waals surface area contributed by atoms with Crippen molar-refractivity contribution >= 4 is 5.57 Å². The lowest BCUT2D eigenvalue weighted by atomic mass is 10.1. The van der Waals surface area contributed by atoms with Crippen LogP contribution in [0.5, 0.6) is 0 Å². The minimum Gasteiger partial charge on any atom is -0.207 e. The third-order valence-corrected chi connectivity index (χ3v) is 1.64. The van der Waals surface area contributed by atoms with Crippen molar-refractivity contribution in [2.45, 2.75) is 6.92 Å². The maximum absolute atomic E-state index is 13.0. The van der Waals surface area contributed by atoms with Gasteiger partial charge in [0.1, 0.15) is 11.6 Å². The van der Waals surface area contributed by atoms with Gasteiger partial charge in [-0.15, -0.1) is 0 Å². The predicted molar refractivity (Wildman–Crippen MR) is 45.6 cm³/mol. The zero-order valence-electron chi connectivity index (χ0n) is 7.01. The summed E-state index contributed by atoms with van der Waals surface area (Å²) in [6.45, 7) is 1.60. The molecule has 3 heteroatoms. The molecule has 0 atom stereocenters. The highest BCUT2D eigenvalue weighted by Gasteiger charge is 2.04. The first-order valence-corrected chi connectivity index (χ1v) is 3.67. The van der Waals surface area contributed by atoms with E-state index in [9.17, 15) is 8.78 Å². The van der Waals surface area contributed by atoms with Gasteiger partial charge in [0.05, 0.1) is 6.07 Å². The molecule has 0 aliphatic carbocycles. The van der Waals surface area contributed by atoms with Crippen molar-refractivity contribution < 1.29 is 8.78 Å². The van der Waals surface area contributed by atoms with Crippen molar-refractivity contribution in [3.8, 4) is 6.07 Å². The quantitative estimate of drug-likeness (QED) is 0.608. The molecule has 0 amide bonds. The van der Waals surface area contributed by atoms with Crippen molar-refractivity contribution in [1.29, 1.82) is 5.26 Å². The van der Waals surface area contributed by atoms with Gasteiger partial charge in [-0.2, -0.15) is 5.26 Å². The molecule has 0 aromatic heterocycles. The Labute approximate surface area is 74.9 Å². The molecule has 0 bridgehead atoms. The third-order valence-electron chi connectivity index (χ3n) is 1.64. The molecule has 0 unspecified atom stereocenters. The Morgan fingerprint density at radius 2 is 2.15 bits per heavy atom. The highest BCUT2D eigenvalue weighted by atomic mass is 19.1. The van der Waals surface area contributed by atoms with Crippen LogP contribution in [0.1, 0.15) is 12.5 Å². The molecule has 1 aromatic carbocycles. The highest BCUT2D eigenvalue weighted by Crippen LogP contribution is 2.17. The van der Waals surface area contributed by atoms with Gasteiger partial charge in [-0.25, -0.2) is 8.78 Å². The second-order valence-corrected chi connectivity index (χ2v) is 2.58. The zero-order chi connectivity index (χ0) is 9.84. The van der Waals surface area contributed by atoms with E-state index in [1.165, 1.54) is 12.1 Å². The van der Waals surface area contributed by atoms with E-state index in [1.54, 1.807) is 13.0 Å². The summed E-state index contributed by atoms with van der Waals surface area (Å²) in [4.78, 5) is 0. The minimum atomic E-state index is -0.649. The normalized spacial score (nSPS) is 11.1. The van der Waals surface area contributed by atoms with E-state index in [-0.39, 0.29) is 5.56 Å². The maximum Gasteiger partial charge on any atom is 0.133 e. The standard InChI is InChI=1S/C10H7F2N/c1-7(4-5-13)9-3-2-8(11)6-10(9)12/h2-4,6H,1H3/b7-4+. The van der Waals surface area contributed by atoms with Crippen LogP contribution in [0.25, 0.3) is 5.57 Å². The van der Waals surface area contributed by atoms with Crippen molar-refractivity contribution in [1.82, 2.24) is 0 Å². The van der Waals surface area contributed by atoms with Gasteiger partial charge >= 0.3 is 0 Å². The molecular weight excluding hydrogens is 172 g/mol. The fourth-order valence-corrected chi connectivity index (χ4v) is 0.984. The Morgan fingerprint density at radius 3 is 2.69 bits per heavy atom. The van der Waals surface area contributed by atoms with Crippen molar-refractivity contribution in [2.75, 3.05) is 0 Å². The molecule has 1 aromatic rings. The first kappa shape index (κ1) is 9.40. The summed E-state index contributed by atoms with van der Waals surface area (Å²) in [6, 6.07) is 5.05. The molecule has 0 spiro atoms. The number of allylic oxidation sites excluding steroid dienone is 2. The van der Waals surface area contributed by atoms with E-state index in [1.807, 2.05) is 0 Å². The van der Waals surface area contributed by atoms with Gasteiger partial charge in [0.25, 0.3) is 0 Å². The van der Waals surface area contributed by atoms with Crippen LogP contribution in [0.4, 0.5) is 8.78 Å². The van der Waals surface area contributed by atoms with Gasteiger partial charge in [0.15, 0.2) is 0 Å². The predicted octanol–water partition coefficient (Wildman–Crippen LogP) is 2.89. The number of halogens is 2. The fourth-order valence-electron chi connectivity index (χ4n) is 0.984. The number of rotatable bonds is 1. The second kappa shape index (κ2) is 3.81. The van der Waals surface area contributed by atoms with E-state index in [2.05, 4.69) is 0 Å². The number of hydrogen-bond acceptors (Lipinski definition) is 1. The third kappa shape index (κ3) is 2.12. The Morgan fingerprint density at radius 1 is 1.46 bits per heavy atom.